The Hall–Kier alpha value is -0.940. The van der Waals surface area contributed by atoms with Crippen molar-refractivity contribution in [2.45, 2.75) is 43.3 Å². The van der Waals surface area contributed by atoms with Gasteiger partial charge in [0.25, 0.3) is 0 Å². The van der Waals surface area contributed by atoms with E-state index in [2.05, 4.69) is 38.1 Å². The molecule has 0 saturated heterocycles. The average Bonchev–Trinajstić information content (AvgIpc) is 2.71. The van der Waals surface area contributed by atoms with Gasteiger partial charge in [0, 0.05) is 10.1 Å². The van der Waals surface area contributed by atoms with Crippen LogP contribution in [0.4, 0.5) is 0 Å². The van der Waals surface area contributed by atoms with Crippen LogP contribution in [0.5, 0.6) is 0 Å². The lowest BCUT2D eigenvalue weighted by atomic mass is 10.1. The minimum absolute atomic E-state index is 0.256. The molecule has 0 bridgehead atoms. The minimum atomic E-state index is 0.256. The molecule has 0 amide bonds. The maximum Gasteiger partial charge on any atom is 0.0667 e. The van der Waals surface area contributed by atoms with Crippen LogP contribution in [0.15, 0.2) is 23.1 Å². The fraction of sp³-hybridized carbons (Fsp3) is 0.500. The Balaban J connectivity index is 2.09. The van der Waals surface area contributed by atoms with Crippen molar-refractivity contribution >= 4 is 11.8 Å². The maximum absolute atomic E-state index is 9.05. The van der Waals surface area contributed by atoms with E-state index in [1.165, 1.54) is 28.9 Å². The van der Waals surface area contributed by atoms with Crippen molar-refractivity contribution in [1.82, 2.24) is 0 Å². The summed E-state index contributed by atoms with van der Waals surface area (Å²) in [6.45, 7) is 4.28. The van der Waals surface area contributed by atoms with Gasteiger partial charge in [-0.3, -0.25) is 0 Å². The second kappa shape index (κ2) is 4.93. The Morgan fingerprint density at radius 2 is 2.06 bits per heavy atom. The lowest BCUT2D eigenvalue weighted by Crippen LogP contribution is -2.07. The average molecular weight is 231 g/mol. The summed E-state index contributed by atoms with van der Waals surface area (Å²) in [5, 5.41) is 9.56. The molecule has 0 radical (unpaired) electrons. The number of hydrogen-bond acceptors (Lipinski definition) is 2. The molecule has 2 unspecified atom stereocenters. The highest BCUT2D eigenvalue weighted by Gasteiger charge is 2.27. The zero-order valence-electron chi connectivity index (χ0n) is 9.86. The smallest absolute Gasteiger partial charge is 0.0667 e. The monoisotopic (exact) mass is 231 g/mol. The Labute approximate surface area is 102 Å². The van der Waals surface area contributed by atoms with Crippen molar-refractivity contribution in [1.29, 1.82) is 5.26 Å². The van der Waals surface area contributed by atoms with Crippen LogP contribution in [0.2, 0.25) is 0 Å². The topological polar surface area (TPSA) is 23.8 Å². The third kappa shape index (κ3) is 2.41. The second-order valence-electron chi connectivity index (χ2n) is 4.57. The van der Waals surface area contributed by atoms with E-state index in [0.29, 0.717) is 5.25 Å². The molecule has 2 rings (SSSR count). The number of benzene rings is 1. The van der Waals surface area contributed by atoms with E-state index in [9.17, 15) is 0 Å². The van der Waals surface area contributed by atoms with Gasteiger partial charge in [-0.1, -0.05) is 12.5 Å². The summed E-state index contributed by atoms with van der Waals surface area (Å²) in [5.74, 6) is 0.256. The molecule has 0 heterocycles. The SMILES string of the molecule is Cc1ccc(SC2CCCC2C#N)cc1C. The molecular weight excluding hydrogens is 214 g/mol. The summed E-state index contributed by atoms with van der Waals surface area (Å²) in [4.78, 5) is 1.32. The minimum Gasteiger partial charge on any atom is -0.198 e. The van der Waals surface area contributed by atoms with Crippen molar-refractivity contribution in [3.8, 4) is 6.07 Å². The third-order valence-electron chi connectivity index (χ3n) is 3.38. The van der Waals surface area contributed by atoms with E-state index < -0.39 is 0 Å². The molecule has 2 heteroatoms. The Kier molecular flexibility index (Phi) is 3.56. The van der Waals surface area contributed by atoms with Crippen molar-refractivity contribution in [3.05, 3.63) is 29.3 Å². The molecule has 1 aromatic rings. The third-order valence-corrected chi connectivity index (χ3v) is 4.78. The summed E-state index contributed by atoms with van der Waals surface area (Å²) in [6, 6.07) is 9.04. The van der Waals surface area contributed by atoms with Crippen molar-refractivity contribution < 1.29 is 0 Å². The summed E-state index contributed by atoms with van der Waals surface area (Å²) in [7, 11) is 0. The molecule has 1 aliphatic carbocycles. The fourth-order valence-corrected chi connectivity index (χ4v) is 3.56. The Morgan fingerprint density at radius 1 is 1.25 bits per heavy atom. The standard InChI is InChI=1S/C14H17NS/c1-10-6-7-13(8-11(10)2)16-14-5-3-4-12(14)9-15/h6-8,12,14H,3-5H2,1-2H3. The van der Waals surface area contributed by atoms with Crippen LogP contribution in [0, 0.1) is 31.1 Å². The van der Waals surface area contributed by atoms with Crippen LogP contribution < -0.4 is 0 Å². The van der Waals surface area contributed by atoms with Gasteiger partial charge in [0.05, 0.1) is 12.0 Å². The van der Waals surface area contributed by atoms with Crippen molar-refractivity contribution in [2.75, 3.05) is 0 Å². The molecule has 0 aromatic heterocycles. The second-order valence-corrected chi connectivity index (χ2v) is 5.88. The first-order chi connectivity index (χ1) is 7.70. The summed E-state index contributed by atoms with van der Waals surface area (Å²) in [5.41, 5.74) is 2.68. The van der Waals surface area contributed by atoms with E-state index in [-0.39, 0.29) is 5.92 Å². The van der Waals surface area contributed by atoms with Gasteiger partial charge in [-0.05, 0) is 49.9 Å². The number of aryl methyl sites for hydroxylation is 2. The highest BCUT2D eigenvalue weighted by molar-refractivity contribution is 8.00. The molecule has 0 spiro atoms. The first-order valence-corrected chi connectivity index (χ1v) is 6.72. The van der Waals surface area contributed by atoms with Crippen LogP contribution >= 0.6 is 11.8 Å². The summed E-state index contributed by atoms with van der Waals surface area (Å²) in [6.07, 6.45) is 3.48. The molecule has 0 aliphatic heterocycles. The van der Waals surface area contributed by atoms with Crippen LogP contribution in [-0.2, 0) is 0 Å². The Morgan fingerprint density at radius 3 is 2.75 bits per heavy atom. The molecule has 1 aliphatic rings. The number of nitrogens with zero attached hydrogens (tertiary/aromatic N) is 1. The van der Waals surface area contributed by atoms with E-state index in [1.807, 2.05) is 11.8 Å². The van der Waals surface area contributed by atoms with E-state index in [4.69, 9.17) is 5.26 Å². The Bertz CT molecular complexity index is 419. The molecule has 1 saturated carbocycles. The normalized spacial score (nSPS) is 24.3. The zero-order chi connectivity index (χ0) is 11.5. The van der Waals surface area contributed by atoms with Crippen molar-refractivity contribution in [2.24, 2.45) is 5.92 Å². The molecule has 1 nitrogen and oxygen atoms in total. The van der Waals surface area contributed by atoms with Gasteiger partial charge < -0.3 is 0 Å². The van der Waals surface area contributed by atoms with Gasteiger partial charge in [0.15, 0.2) is 0 Å². The lowest BCUT2D eigenvalue weighted by molar-refractivity contribution is 0.714. The zero-order valence-corrected chi connectivity index (χ0v) is 10.7. The molecule has 1 aromatic carbocycles. The van der Waals surface area contributed by atoms with Crippen LogP contribution in [0.25, 0.3) is 0 Å². The van der Waals surface area contributed by atoms with Crippen LogP contribution in [-0.4, -0.2) is 5.25 Å². The van der Waals surface area contributed by atoms with E-state index >= 15 is 0 Å². The van der Waals surface area contributed by atoms with Crippen molar-refractivity contribution in [3.63, 3.8) is 0 Å². The van der Waals surface area contributed by atoms with Gasteiger partial charge in [0.1, 0.15) is 0 Å². The van der Waals surface area contributed by atoms with Gasteiger partial charge in [0.2, 0.25) is 0 Å². The lowest BCUT2D eigenvalue weighted by Gasteiger charge is -2.13. The quantitative estimate of drug-likeness (QED) is 0.765. The predicted octanol–water partition coefficient (Wildman–Crippen LogP) is 4.09. The van der Waals surface area contributed by atoms with Crippen LogP contribution in [0.3, 0.4) is 0 Å². The highest BCUT2D eigenvalue weighted by Crippen LogP contribution is 2.38. The molecular formula is C14H17NS. The highest BCUT2D eigenvalue weighted by atomic mass is 32.2. The molecule has 0 N–H and O–H groups in total. The van der Waals surface area contributed by atoms with Gasteiger partial charge in [-0.25, -0.2) is 0 Å². The largest absolute Gasteiger partial charge is 0.198 e. The van der Waals surface area contributed by atoms with Gasteiger partial charge >= 0.3 is 0 Å². The summed E-state index contributed by atoms with van der Waals surface area (Å²) >= 11 is 1.88. The molecule has 16 heavy (non-hydrogen) atoms. The van der Waals surface area contributed by atoms with E-state index in [0.717, 1.165) is 6.42 Å². The maximum atomic E-state index is 9.05. The first-order valence-electron chi connectivity index (χ1n) is 5.84. The molecule has 1 fully saturated rings. The number of thioether (sulfide) groups is 1. The van der Waals surface area contributed by atoms with Gasteiger partial charge in [-0.2, -0.15) is 5.26 Å². The van der Waals surface area contributed by atoms with Crippen LogP contribution in [0.1, 0.15) is 30.4 Å². The number of rotatable bonds is 2. The molecule has 2 atom stereocenters. The van der Waals surface area contributed by atoms with Gasteiger partial charge in [-0.15, -0.1) is 11.8 Å². The number of nitriles is 1. The molecule has 84 valence electrons. The van der Waals surface area contributed by atoms with E-state index in [1.54, 1.807) is 0 Å². The first kappa shape index (κ1) is 11.5. The predicted molar refractivity (Wildman–Crippen MR) is 68.5 cm³/mol. The fourth-order valence-electron chi connectivity index (χ4n) is 2.18. The summed E-state index contributed by atoms with van der Waals surface area (Å²) < 4.78 is 0. The number of hydrogen-bond donors (Lipinski definition) is 0.